The molecule has 2 rings (SSSR count). The van der Waals surface area contributed by atoms with Gasteiger partial charge in [0.25, 0.3) is 11.4 Å². The lowest BCUT2D eigenvalue weighted by Crippen LogP contribution is -2.56. The summed E-state index contributed by atoms with van der Waals surface area (Å²) in [5, 5.41) is 22.1. The Kier molecular flexibility index (Phi) is 4.79. The predicted molar refractivity (Wildman–Crippen MR) is 89.1 cm³/mol. The van der Waals surface area contributed by atoms with Gasteiger partial charge in [-0.05, 0) is 18.9 Å². The molecule has 0 radical (unpaired) electrons. The summed E-state index contributed by atoms with van der Waals surface area (Å²) in [4.78, 5) is 22.4. The summed E-state index contributed by atoms with van der Waals surface area (Å²) in [5.74, 6) is -0.0944. The van der Waals surface area contributed by atoms with Gasteiger partial charge in [0.1, 0.15) is 5.69 Å². The molecule has 0 saturated carbocycles. The van der Waals surface area contributed by atoms with E-state index in [0.29, 0.717) is 12.8 Å². The summed E-state index contributed by atoms with van der Waals surface area (Å²) < 4.78 is 24.0. The van der Waals surface area contributed by atoms with Gasteiger partial charge in [0, 0.05) is 19.2 Å². The molecule has 0 atom stereocenters. The summed E-state index contributed by atoms with van der Waals surface area (Å²) in [5.41, 5.74) is -0.538. The first-order chi connectivity index (χ1) is 11.2. The van der Waals surface area contributed by atoms with Crippen molar-refractivity contribution in [2.45, 2.75) is 31.4 Å². The van der Waals surface area contributed by atoms with Gasteiger partial charge in [-0.2, -0.15) is 0 Å². The molecule has 1 aliphatic rings. The second-order valence-electron chi connectivity index (χ2n) is 5.82. The molecule has 24 heavy (non-hydrogen) atoms. The third-order valence-electron chi connectivity index (χ3n) is 4.76. The monoisotopic (exact) mass is 357 g/mol. The Balaban J connectivity index is 2.49. The minimum Gasteiger partial charge on any atom is -0.363 e. The van der Waals surface area contributed by atoms with Gasteiger partial charge < -0.3 is 4.90 Å². The Bertz CT molecular complexity index is 773. The van der Waals surface area contributed by atoms with E-state index in [-0.39, 0.29) is 35.9 Å². The molecule has 1 aromatic carbocycles. The maximum Gasteiger partial charge on any atom is 0.299 e. The van der Waals surface area contributed by atoms with Crippen LogP contribution in [0, 0.1) is 20.2 Å². The van der Waals surface area contributed by atoms with E-state index in [1.165, 1.54) is 12.1 Å². The van der Waals surface area contributed by atoms with Gasteiger partial charge in [0.2, 0.25) is 0 Å². The summed E-state index contributed by atoms with van der Waals surface area (Å²) >= 11 is 0. The Morgan fingerprint density at radius 2 is 1.79 bits per heavy atom. The molecular weight excluding hydrogens is 338 g/mol. The van der Waals surface area contributed by atoms with Crippen molar-refractivity contribution < 1.29 is 18.3 Å². The molecule has 132 valence electrons. The zero-order valence-corrected chi connectivity index (χ0v) is 14.3. The molecule has 10 heteroatoms. The van der Waals surface area contributed by atoms with Crippen molar-refractivity contribution in [3.8, 4) is 0 Å². The highest BCUT2D eigenvalue weighted by atomic mass is 32.2. The van der Waals surface area contributed by atoms with Crippen LogP contribution in [-0.2, 0) is 9.84 Å². The molecule has 0 N–H and O–H groups in total. The van der Waals surface area contributed by atoms with Crippen LogP contribution in [-0.4, -0.2) is 41.9 Å². The van der Waals surface area contributed by atoms with E-state index >= 15 is 0 Å². The average molecular weight is 357 g/mol. The predicted octanol–water partition coefficient (Wildman–Crippen LogP) is 2.30. The molecule has 0 aromatic heterocycles. The van der Waals surface area contributed by atoms with Crippen LogP contribution >= 0.6 is 0 Å². The third kappa shape index (κ3) is 2.93. The number of nitrogens with zero attached hydrogens (tertiary/aromatic N) is 3. The first kappa shape index (κ1) is 18.1. The van der Waals surface area contributed by atoms with Crippen LogP contribution in [0.4, 0.5) is 17.1 Å². The van der Waals surface area contributed by atoms with Crippen LogP contribution in [0.5, 0.6) is 0 Å². The minimum atomic E-state index is -3.30. The lowest BCUT2D eigenvalue weighted by molar-refractivity contribution is -0.393. The van der Waals surface area contributed by atoms with E-state index in [2.05, 4.69) is 0 Å². The number of hydrogen-bond acceptors (Lipinski definition) is 7. The first-order valence-electron chi connectivity index (χ1n) is 7.57. The zero-order chi connectivity index (χ0) is 18.1. The lowest BCUT2D eigenvalue weighted by Gasteiger charge is -2.42. The molecule has 1 aromatic rings. The van der Waals surface area contributed by atoms with Crippen LogP contribution in [0.15, 0.2) is 18.2 Å². The Morgan fingerprint density at radius 1 is 1.17 bits per heavy atom. The van der Waals surface area contributed by atoms with Crippen molar-refractivity contribution >= 4 is 26.9 Å². The fourth-order valence-corrected chi connectivity index (χ4v) is 5.26. The molecule has 0 spiro atoms. The van der Waals surface area contributed by atoms with Gasteiger partial charge in [-0.25, -0.2) is 8.42 Å². The number of sulfone groups is 1. The van der Waals surface area contributed by atoms with E-state index in [9.17, 15) is 28.6 Å². The van der Waals surface area contributed by atoms with Gasteiger partial charge in [-0.3, -0.25) is 20.2 Å². The number of nitro groups is 2. The number of benzene rings is 1. The molecule has 0 aliphatic carbocycles. The molecule has 0 amide bonds. The van der Waals surface area contributed by atoms with E-state index in [1.54, 1.807) is 18.7 Å². The molecule has 1 aliphatic heterocycles. The Hall–Kier alpha value is -2.23. The number of nitro benzene ring substituents is 2. The first-order valence-corrected chi connectivity index (χ1v) is 9.22. The van der Waals surface area contributed by atoms with Crippen LogP contribution in [0.25, 0.3) is 0 Å². The second kappa shape index (κ2) is 6.34. The van der Waals surface area contributed by atoms with Crippen molar-refractivity contribution in [3.05, 3.63) is 38.4 Å². The topological polar surface area (TPSA) is 124 Å². The van der Waals surface area contributed by atoms with Crippen molar-refractivity contribution in [1.29, 1.82) is 0 Å². The third-order valence-corrected chi connectivity index (χ3v) is 7.51. The quantitative estimate of drug-likeness (QED) is 0.585. The average Bonchev–Trinajstić information content (AvgIpc) is 2.54. The number of rotatable bonds is 5. The lowest BCUT2D eigenvalue weighted by atomic mass is 10.0. The van der Waals surface area contributed by atoms with Crippen LogP contribution in [0.3, 0.4) is 0 Å². The molecule has 1 saturated heterocycles. The highest BCUT2D eigenvalue weighted by Crippen LogP contribution is 2.38. The van der Waals surface area contributed by atoms with Gasteiger partial charge >= 0.3 is 0 Å². The van der Waals surface area contributed by atoms with Gasteiger partial charge in [0.15, 0.2) is 9.84 Å². The Morgan fingerprint density at radius 3 is 2.29 bits per heavy atom. The fraction of sp³-hybridized carbons (Fsp3) is 0.571. The normalized spacial score (nSPS) is 19.0. The summed E-state index contributed by atoms with van der Waals surface area (Å²) in [6.07, 6.45) is 0.812. The molecule has 1 fully saturated rings. The summed E-state index contributed by atoms with van der Waals surface area (Å²) in [7, 11) is -3.30. The number of non-ortho nitro benzene ring substituents is 1. The van der Waals surface area contributed by atoms with Gasteiger partial charge in [-0.1, -0.05) is 13.8 Å². The fourth-order valence-electron chi connectivity index (χ4n) is 3.13. The van der Waals surface area contributed by atoms with Crippen LogP contribution in [0.1, 0.15) is 26.7 Å². The molecule has 0 unspecified atom stereocenters. The van der Waals surface area contributed by atoms with Crippen LogP contribution < -0.4 is 4.90 Å². The van der Waals surface area contributed by atoms with Crippen molar-refractivity contribution in [1.82, 2.24) is 0 Å². The highest BCUT2D eigenvalue weighted by molar-refractivity contribution is 7.92. The maximum atomic E-state index is 12.5. The van der Waals surface area contributed by atoms with Crippen LogP contribution in [0.2, 0.25) is 0 Å². The minimum absolute atomic E-state index is 0.0944. The van der Waals surface area contributed by atoms with E-state index in [1.807, 2.05) is 0 Å². The second-order valence-corrected chi connectivity index (χ2v) is 8.32. The number of anilines is 1. The molecule has 9 nitrogen and oxygen atoms in total. The SMILES string of the molecule is CCC1(CC)CN(c2ccc([N+](=O)[O-])cc2[N+](=O)[O-])CCS1(=O)=O. The summed E-state index contributed by atoms with van der Waals surface area (Å²) in [6, 6.07) is 3.44. The van der Waals surface area contributed by atoms with E-state index in [0.717, 1.165) is 6.07 Å². The van der Waals surface area contributed by atoms with E-state index in [4.69, 9.17) is 0 Å². The largest absolute Gasteiger partial charge is 0.363 e. The summed E-state index contributed by atoms with van der Waals surface area (Å²) in [6.45, 7) is 3.84. The zero-order valence-electron chi connectivity index (χ0n) is 13.5. The maximum absolute atomic E-state index is 12.5. The molecule has 1 heterocycles. The standard InChI is InChI=1S/C14H19N3O6S/c1-3-14(4-2)10-15(7-8-24(14,22)23)12-6-5-11(16(18)19)9-13(12)17(20)21/h5-6,9H,3-4,7-8,10H2,1-2H3. The van der Waals surface area contributed by atoms with Crippen molar-refractivity contribution in [2.24, 2.45) is 0 Å². The smallest absolute Gasteiger partial charge is 0.299 e. The molecule has 0 bridgehead atoms. The van der Waals surface area contributed by atoms with Crippen molar-refractivity contribution in [3.63, 3.8) is 0 Å². The van der Waals surface area contributed by atoms with Gasteiger partial charge in [-0.15, -0.1) is 0 Å². The molecular formula is C14H19N3O6S. The Labute approximate surface area is 139 Å². The highest BCUT2D eigenvalue weighted by Gasteiger charge is 2.46. The van der Waals surface area contributed by atoms with Crippen molar-refractivity contribution in [2.75, 3.05) is 23.7 Å². The van der Waals surface area contributed by atoms with Gasteiger partial charge in [0.05, 0.1) is 26.4 Å². The van der Waals surface area contributed by atoms with E-state index < -0.39 is 24.4 Å². The number of hydrogen-bond donors (Lipinski definition) is 0.